The molecule has 30 heavy (non-hydrogen) atoms. The number of hydrogen-bond donors (Lipinski definition) is 1. The number of rotatable bonds is 6. The fourth-order valence-electron chi connectivity index (χ4n) is 2.77. The second-order valence-corrected chi connectivity index (χ2v) is 7.40. The van der Waals surface area contributed by atoms with E-state index >= 15 is 0 Å². The van der Waals surface area contributed by atoms with Crippen molar-refractivity contribution in [2.24, 2.45) is 0 Å². The van der Waals surface area contributed by atoms with Gasteiger partial charge in [0.05, 0.1) is 10.0 Å². The van der Waals surface area contributed by atoms with Gasteiger partial charge in [-0.1, -0.05) is 65.7 Å². The Labute approximate surface area is 185 Å². The van der Waals surface area contributed by atoms with Crippen molar-refractivity contribution in [3.05, 3.63) is 99.0 Å². The lowest BCUT2D eigenvalue weighted by atomic mass is 10.1. The quantitative estimate of drug-likeness (QED) is 0.357. The van der Waals surface area contributed by atoms with E-state index in [1.54, 1.807) is 18.2 Å². The number of halogens is 2. The normalized spacial score (nSPS) is 10.9. The van der Waals surface area contributed by atoms with Gasteiger partial charge in [0, 0.05) is 5.69 Å². The van der Waals surface area contributed by atoms with Crippen LogP contribution < -0.4 is 10.1 Å². The molecule has 0 saturated carbocycles. The Morgan fingerprint density at radius 3 is 2.40 bits per heavy atom. The fourth-order valence-corrected chi connectivity index (χ4v) is 3.38. The van der Waals surface area contributed by atoms with E-state index in [0.717, 1.165) is 11.1 Å². The molecular weight excluding hydrogens is 419 g/mol. The molecule has 0 heterocycles. The summed E-state index contributed by atoms with van der Waals surface area (Å²) in [6, 6.07) is 22.1. The summed E-state index contributed by atoms with van der Waals surface area (Å²) in [4.78, 5) is 12.5. The van der Waals surface area contributed by atoms with Gasteiger partial charge in [0.2, 0.25) is 0 Å². The molecule has 4 nitrogen and oxygen atoms in total. The van der Waals surface area contributed by atoms with Crippen molar-refractivity contribution in [1.29, 1.82) is 5.26 Å². The van der Waals surface area contributed by atoms with Gasteiger partial charge in [0.1, 0.15) is 18.2 Å². The van der Waals surface area contributed by atoms with Gasteiger partial charge in [-0.3, -0.25) is 4.79 Å². The number of nitrogens with zero attached hydrogens (tertiary/aromatic N) is 1. The van der Waals surface area contributed by atoms with Crippen molar-refractivity contribution in [3.63, 3.8) is 0 Å². The first-order chi connectivity index (χ1) is 14.5. The van der Waals surface area contributed by atoms with Crippen molar-refractivity contribution in [2.45, 2.75) is 13.5 Å². The van der Waals surface area contributed by atoms with Crippen molar-refractivity contribution in [3.8, 4) is 11.8 Å². The summed E-state index contributed by atoms with van der Waals surface area (Å²) >= 11 is 12.7. The number of amides is 1. The number of hydrogen-bond acceptors (Lipinski definition) is 3. The first-order valence-corrected chi connectivity index (χ1v) is 9.87. The predicted molar refractivity (Wildman–Crippen MR) is 121 cm³/mol. The van der Waals surface area contributed by atoms with Crippen LogP contribution in [-0.2, 0) is 11.4 Å². The highest BCUT2D eigenvalue weighted by atomic mass is 35.5. The van der Waals surface area contributed by atoms with E-state index in [9.17, 15) is 10.1 Å². The number of nitrogens with one attached hydrogen (secondary N) is 1. The maximum atomic E-state index is 12.5. The molecular formula is C24H18Cl2N2O2. The summed E-state index contributed by atoms with van der Waals surface area (Å²) in [5.74, 6) is -0.165. The van der Waals surface area contributed by atoms with Crippen LogP contribution in [0.5, 0.6) is 5.75 Å². The number of carbonyl (C=O) groups excluding carboxylic acids is 1. The van der Waals surface area contributed by atoms with Crippen LogP contribution in [0.15, 0.2) is 72.3 Å². The molecule has 0 bridgehead atoms. The largest absolute Gasteiger partial charge is 0.486 e. The minimum absolute atomic E-state index is 0.0680. The number of anilines is 1. The number of carbonyl (C=O) groups is 1. The van der Waals surface area contributed by atoms with Crippen molar-refractivity contribution < 1.29 is 9.53 Å². The standard InChI is InChI=1S/C24H18Cl2N2O2/c1-16-6-5-9-20(10-16)28-24(29)19(14-27)11-18-12-21(25)23(22(26)13-18)30-15-17-7-3-2-4-8-17/h2-13H,15H2,1H3,(H,28,29)/b19-11-. The van der Waals surface area contributed by atoms with E-state index in [-0.39, 0.29) is 5.57 Å². The fraction of sp³-hybridized carbons (Fsp3) is 0.0833. The molecule has 3 aromatic carbocycles. The molecule has 150 valence electrons. The Hall–Kier alpha value is -3.26. The maximum absolute atomic E-state index is 12.5. The summed E-state index contributed by atoms with van der Waals surface area (Å²) in [5.41, 5.74) is 3.05. The minimum atomic E-state index is -0.514. The monoisotopic (exact) mass is 436 g/mol. The summed E-state index contributed by atoms with van der Waals surface area (Å²) in [6.45, 7) is 2.24. The summed E-state index contributed by atoms with van der Waals surface area (Å²) in [6.07, 6.45) is 1.43. The van der Waals surface area contributed by atoms with Gasteiger partial charge in [0.15, 0.2) is 5.75 Å². The lowest BCUT2D eigenvalue weighted by Crippen LogP contribution is -2.13. The zero-order chi connectivity index (χ0) is 21.5. The zero-order valence-corrected chi connectivity index (χ0v) is 17.7. The molecule has 3 rings (SSSR count). The van der Waals surface area contributed by atoms with Gasteiger partial charge in [0.25, 0.3) is 5.91 Å². The van der Waals surface area contributed by atoms with Crippen LogP contribution in [0.3, 0.4) is 0 Å². The Bertz CT molecular complexity index is 1110. The SMILES string of the molecule is Cc1cccc(NC(=O)/C(C#N)=C\c2cc(Cl)c(OCc3ccccc3)c(Cl)c2)c1. The third-order valence-electron chi connectivity index (χ3n) is 4.20. The second-order valence-electron chi connectivity index (χ2n) is 6.58. The third kappa shape index (κ3) is 5.64. The van der Waals surface area contributed by atoms with Crippen LogP contribution in [0, 0.1) is 18.3 Å². The summed E-state index contributed by atoms with van der Waals surface area (Å²) in [5, 5.41) is 12.7. The van der Waals surface area contributed by atoms with E-state index in [1.807, 2.05) is 61.5 Å². The second kappa shape index (κ2) is 9.98. The molecule has 0 radical (unpaired) electrons. The minimum Gasteiger partial charge on any atom is -0.486 e. The van der Waals surface area contributed by atoms with E-state index in [4.69, 9.17) is 27.9 Å². The van der Waals surface area contributed by atoms with Gasteiger partial charge < -0.3 is 10.1 Å². The molecule has 1 amide bonds. The summed E-state index contributed by atoms with van der Waals surface area (Å²) in [7, 11) is 0. The summed E-state index contributed by atoms with van der Waals surface area (Å²) < 4.78 is 5.75. The van der Waals surface area contributed by atoms with E-state index in [0.29, 0.717) is 33.7 Å². The number of ether oxygens (including phenoxy) is 1. The van der Waals surface area contributed by atoms with Crippen molar-refractivity contribution in [2.75, 3.05) is 5.32 Å². The number of benzene rings is 3. The highest BCUT2D eigenvalue weighted by Gasteiger charge is 2.13. The van der Waals surface area contributed by atoms with E-state index in [1.165, 1.54) is 6.08 Å². The van der Waals surface area contributed by atoms with Crippen LogP contribution in [0.1, 0.15) is 16.7 Å². The van der Waals surface area contributed by atoms with Crippen LogP contribution >= 0.6 is 23.2 Å². The van der Waals surface area contributed by atoms with Crippen molar-refractivity contribution in [1.82, 2.24) is 0 Å². The maximum Gasteiger partial charge on any atom is 0.266 e. The van der Waals surface area contributed by atoms with Crippen molar-refractivity contribution >= 4 is 40.9 Å². The van der Waals surface area contributed by atoms with Gasteiger partial charge in [-0.15, -0.1) is 0 Å². The van der Waals surface area contributed by atoms with Gasteiger partial charge in [-0.05, 0) is 54.0 Å². The topological polar surface area (TPSA) is 62.1 Å². The molecule has 6 heteroatoms. The Morgan fingerprint density at radius 2 is 1.77 bits per heavy atom. The lowest BCUT2D eigenvalue weighted by molar-refractivity contribution is -0.112. The highest BCUT2D eigenvalue weighted by molar-refractivity contribution is 6.37. The van der Waals surface area contributed by atoms with Gasteiger partial charge >= 0.3 is 0 Å². The molecule has 0 aromatic heterocycles. The predicted octanol–water partition coefficient (Wildman–Crippen LogP) is 6.43. The number of nitriles is 1. The van der Waals surface area contributed by atoms with E-state index in [2.05, 4.69) is 5.32 Å². The average molecular weight is 437 g/mol. The average Bonchev–Trinajstić information content (AvgIpc) is 2.72. The third-order valence-corrected chi connectivity index (χ3v) is 4.76. The molecule has 0 aliphatic rings. The highest BCUT2D eigenvalue weighted by Crippen LogP contribution is 2.35. The molecule has 0 saturated heterocycles. The molecule has 3 aromatic rings. The Balaban J connectivity index is 1.77. The van der Waals surface area contributed by atoms with Gasteiger partial charge in [-0.2, -0.15) is 5.26 Å². The first kappa shape index (κ1) is 21.4. The van der Waals surface area contributed by atoms with E-state index < -0.39 is 5.91 Å². The van der Waals surface area contributed by atoms with Crippen LogP contribution in [0.25, 0.3) is 6.08 Å². The van der Waals surface area contributed by atoms with Crippen LogP contribution in [-0.4, -0.2) is 5.91 Å². The molecule has 0 aliphatic heterocycles. The first-order valence-electron chi connectivity index (χ1n) is 9.12. The molecule has 0 spiro atoms. The number of aryl methyl sites for hydroxylation is 1. The molecule has 0 atom stereocenters. The van der Waals surface area contributed by atoms with Crippen LogP contribution in [0.2, 0.25) is 10.0 Å². The van der Waals surface area contributed by atoms with Crippen LogP contribution in [0.4, 0.5) is 5.69 Å². The Kier molecular flexibility index (Phi) is 7.13. The lowest BCUT2D eigenvalue weighted by Gasteiger charge is -2.11. The molecule has 0 fully saturated rings. The molecule has 1 N–H and O–H groups in total. The molecule has 0 unspecified atom stereocenters. The van der Waals surface area contributed by atoms with Gasteiger partial charge in [-0.25, -0.2) is 0 Å². The molecule has 0 aliphatic carbocycles. The smallest absolute Gasteiger partial charge is 0.266 e. The zero-order valence-electron chi connectivity index (χ0n) is 16.2. The Morgan fingerprint density at radius 1 is 1.07 bits per heavy atom.